The molecule has 0 heterocycles. The molecule has 0 saturated heterocycles. The molecule has 0 amide bonds. The number of hydrogen-bond donors (Lipinski definition) is 5. The minimum atomic E-state index is -2.02. The quantitative estimate of drug-likeness (QED) is 0.359. The Morgan fingerprint density at radius 3 is 1.61 bits per heavy atom. The zero-order valence-corrected chi connectivity index (χ0v) is 10.9. The molecule has 18 heavy (non-hydrogen) atoms. The summed E-state index contributed by atoms with van der Waals surface area (Å²) in [6.45, 7) is 5.90. The van der Waals surface area contributed by atoms with Gasteiger partial charge in [0.1, 0.15) is 24.1 Å². The Kier molecular flexibility index (Phi) is 6.04. The molecule has 104 valence electrons. The first-order chi connectivity index (χ1) is 8.11. The van der Waals surface area contributed by atoms with Gasteiger partial charge >= 0.3 is 0 Å². The number of carbonyl (C=O) groups excluding carboxylic acids is 1. The second-order valence-corrected chi connectivity index (χ2v) is 4.48. The predicted octanol–water partition coefficient (Wildman–Crippen LogP) is 0.342. The summed E-state index contributed by atoms with van der Waals surface area (Å²) in [4.78, 5) is 11.5. The van der Waals surface area contributed by atoms with Crippen LogP contribution in [0, 0.1) is 0 Å². The van der Waals surface area contributed by atoms with Crippen LogP contribution < -0.4 is 0 Å². The topological polar surface area (TPSA) is 118 Å². The van der Waals surface area contributed by atoms with Crippen molar-refractivity contribution in [2.24, 2.45) is 0 Å². The van der Waals surface area contributed by atoms with Crippen LogP contribution in [0.2, 0.25) is 0 Å². The van der Waals surface area contributed by atoms with Crippen molar-refractivity contribution in [1.29, 1.82) is 0 Å². The fourth-order valence-electron chi connectivity index (χ4n) is 1.17. The number of aliphatic hydroxyl groups is 5. The van der Waals surface area contributed by atoms with E-state index in [0.29, 0.717) is 5.57 Å². The molecule has 0 aliphatic heterocycles. The summed E-state index contributed by atoms with van der Waals surface area (Å²) in [5.74, 6) is -2.31. The summed E-state index contributed by atoms with van der Waals surface area (Å²) in [6.07, 6.45) is -5.73. The van der Waals surface area contributed by atoms with Gasteiger partial charge in [0.05, 0.1) is 0 Å². The van der Waals surface area contributed by atoms with Crippen LogP contribution in [0.1, 0.15) is 27.7 Å². The molecule has 0 aromatic heterocycles. The van der Waals surface area contributed by atoms with Crippen molar-refractivity contribution in [1.82, 2.24) is 0 Å². The monoisotopic (exact) mass is 260 g/mol. The van der Waals surface area contributed by atoms with Crippen molar-refractivity contribution < 1.29 is 30.3 Å². The molecule has 0 aliphatic rings. The van der Waals surface area contributed by atoms with Crippen LogP contribution in [-0.4, -0.2) is 49.6 Å². The van der Waals surface area contributed by atoms with Gasteiger partial charge in [-0.2, -0.15) is 0 Å². The van der Waals surface area contributed by atoms with Crippen molar-refractivity contribution in [2.45, 2.75) is 46.0 Å². The number of carbonyl (C=O) groups is 1. The lowest BCUT2D eigenvalue weighted by Gasteiger charge is -2.22. The normalized spacial score (nSPS) is 15.5. The number of allylic oxidation sites excluding steroid dienone is 2. The van der Waals surface area contributed by atoms with E-state index in [-0.39, 0.29) is 5.57 Å². The second-order valence-electron chi connectivity index (χ2n) is 4.48. The van der Waals surface area contributed by atoms with E-state index >= 15 is 0 Å². The smallest absolute Gasteiger partial charge is 0.228 e. The number of ketones is 1. The zero-order chi connectivity index (χ0) is 14.6. The fourth-order valence-corrected chi connectivity index (χ4v) is 1.17. The maximum absolute atomic E-state index is 11.5. The molecule has 0 radical (unpaired) electrons. The van der Waals surface area contributed by atoms with Gasteiger partial charge in [-0.1, -0.05) is 0 Å². The molecule has 0 saturated carbocycles. The molecule has 0 rings (SSSR count). The van der Waals surface area contributed by atoms with E-state index in [2.05, 4.69) is 0 Å². The Labute approximate surface area is 106 Å². The largest absolute Gasteiger partial charge is 0.510 e. The third-order valence-electron chi connectivity index (χ3n) is 2.42. The fraction of sp³-hybridized carbons (Fsp3) is 0.583. The summed E-state index contributed by atoms with van der Waals surface area (Å²) in [6, 6.07) is 0. The molecule has 0 aliphatic carbocycles. The minimum absolute atomic E-state index is 0.271. The lowest BCUT2D eigenvalue weighted by Crippen LogP contribution is -2.44. The van der Waals surface area contributed by atoms with Crippen LogP contribution in [0.25, 0.3) is 0 Å². The number of rotatable bonds is 5. The number of Topliss-reactive ketones (excluding diaryl/α,β-unsaturated/α-hetero) is 1. The zero-order valence-electron chi connectivity index (χ0n) is 10.9. The molecule has 0 unspecified atom stereocenters. The van der Waals surface area contributed by atoms with Crippen LogP contribution in [0.15, 0.2) is 22.7 Å². The molecule has 0 fully saturated rings. The summed E-state index contributed by atoms with van der Waals surface area (Å²) in [7, 11) is 0. The van der Waals surface area contributed by atoms with Gasteiger partial charge in [0, 0.05) is 0 Å². The van der Waals surface area contributed by atoms with Crippen molar-refractivity contribution in [3.05, 3.63) is 22.7 Å². The van der Waals surface area contributed by atoms with E-state index < -0.39 is 35.6 Å². The number of aliphatic hydroxyl groups excluding tert-OH is 5. The van der Waals surface area contributed by atoms with E-state index in [9.17, 15) is 30.3 Å². The number of hydrogen-bond acceptors (Lipinski definition) is 6. The van der Waals surface area contributed by atoms with Crippen molar-refractivity contribution >= 4 is 5.78 Å². The Bertz CT molecular complexity index is 374. The molecule has 5 N–H and O–H groups in total. The summed E-state index contributed by atoms with van der Waals surface area (Å²) in [5.41, 5.74) is 0.611. The van der Waals surface area contributed by atoms with Gasteiger partial charge in [-0.15, -0.1) is 0 Å². The highest BCUT2D eigenvalue weighted by Gasteiger charge is 2.34. The lowest BCUT2D eigenvalue weighted by molar-refractivity contribution is -0.136. The van der Waals surface area contributed by atoms with E-state index in [0.717, 1.165) is 0 Å². The Morgan fingerprint density at radius 1 is 0.833 bits per heavy atom. The van der Waals surface area contributed by atoms with Gasteiger partial charge in [-0.3, -0.25) is 4.79 Å². The molecule has 0 spiro atoms. The third kappa shape index (κ3) is 3.83. The molecule has 6 heteroatoms. The lowest BCUT2D eigenvalue weighted by atomic mass is 9.99. The molecule has 0 bridgehead atoms. The molecular weight excluding hydrogens is 240 g/mol. The Balaban J connectivity index is 5.03. The molecule has 0 aromatic carbocycles. The average molecular weight is 260 g/mol. The van der Waals surface area contributed by atoms with Crippen molar-refractivity contribution in [2.75, 3.05) is 0 Å². The summed E-state index contributed by atoms with van der Waals surface area (Å²) >= 11 is 0. The second kappa shape index (κ2) is 6.53. The minimum Gasteiger partial charge on any atom is -0.510 e. The predicted molar refractivity (Wildman–Crippen MR) is 65.0 cm³/mol. The van der Waals surface area contributed by atoms with E-state index in [1.807, 2.05) is 0 Å². The molecule has 3 atom stereocenters. The first-order valence-corrected chi connectivity index (χ1v) is 5.42. The van der Waals surface area contributed by atoms with Gasteiger partial charge in [0.2, 0.25) is 5.78 Å². The van der Waals surface area contributed by atoms with Crippen LogP contribution in [0.4, 0.5) is 0 Å². The van der Waals surface area contributed by atoms with Gasteiger partial charge in [-0.25, -0.2) is 0 Å². The molecular formula is C12H20O6. The van der Waals surface area contributed by atoms with Gasteiger partial charge in [-0.05, 0) is 38.8 Å². The van der Waals surface area contributed by atoms with Crippen LogP contribution in [0.5, 0.6) is 0 Å². The van der Waals surface area contributed by atoms with Crippen molar-refractivity contribution in [3.63, 3.8) is 0 Å². The standard InChI is InChI=1S/C12H20O6/c1-5(2)7(13)9(15)11(17)12(18)10(16)8(14)6(3)4/h9,11-15,17-18H,1-4H3/t9-,11+,12+/m1/s1. The summed E-state index contributed by atoms with van der Waals surface area (Å²) < 4.78 is 0. The molecule has 0 aromatic rings. The van der Waals surface area contributed by atoms with Crippen LogP contribution >= 0.6 is 0 Å². The SMILES string of the molecule is CC(C)=C(O)C(=O)[C@H](O)[C@@H](O)[C@H](O)C(O)=C(C)C. The average Bonchev–Trinajstić information content (AvgIpc) is 2.32. The third-order valence-corrected chi connectivity index (χ3v) is 2.42. The van der Waals surface area contributed by atoms with Gasteiger partial charge < -0.3 is 25.5 Å². The highest BCUT2D eigenvalue weighted by Crippen LogP contribution is 2.14. The first-order valence-electron chi connectivity index (χ1n) is 5.42. The van der Waals surface area contributed by atoms with E-state index in [1.54, 1.807) is 0 Å². The highest BCUT2D eigenvalue weighted by molar-refractivity contribution is 5.97. The van der Waals surface area contributed by atoms with Crippen molar-refractivity contribution in [3.8, 4) is 0 Å². The highest BCUT2D eigenvalue weighted by atomic mass is 16.4. The van der Waals surface area contributed by atoms with E-state index in [4.69, 9.17) is 0 Å². The van der Waals surface area contributed by atoms with Gasteiger partial charge in [0.25, 0.3) is 0 Å². The van der Waals surface area contributed by atoms with Crippen LogP contribution in [0.3, 0.4) is 0 Å². The Morgan fingerprint density at radius 2 is 1.28 bits per heavy atom. The van der Waals surface area contributed by atoms with E-state index in [1.165, 1.54) is 27.7 Å². The van der Waals surface area contributed by atoms with Gasteiger partial charge in [0.15, 0.2) is 5.76 Å². The first kappa shape index (κ1) is 16.6. The maximum atomic E-state index is 11.5. The maximum Gasteiger partial charge on any atom is 0.228 e. The Hall–Kier alpha value is -1.37. The molecule has 6 nitrogen and oxygen atoms in total. The summed E-state index contributed by atoms with van der Waals surface area (Å²) in [5, 5.41) is 47.4. The van der Waals surface area contributed by atoms with Crippen LogP contribution in [-0.2, 0) is 4.79 Å².